The highest BCUT2D eigenvalue weighted by Gasteiger charge is 2.29. The molecule has 122 valence electrons. The van der Waals surface area contributed by atoms with Gasteiger partial charge < -0.3 is 15.4 Å². The van der Waals surface area contributed by atoms with Gasteiger partial charge in [0.05, 0.1) is 10.7 Å². The number of benzene rings is 1. The van der Waals surface area contributed by atoms with E-state index in [-0.39, 0.29) is 23.7 Å². The number of amides is 2. The number of ether oxygens (including phenoxy) is 1. The molecule has 0 fully saturated rings. The summed E-state index contributed by atoms with van der Waals surface area (Å²) in [5.41, 5.74) is 0.174. The van der Waals surface area contributed by atoms with Crippen LogP contribution in [-0.2, 0) is 9.53 Å². The molecule has 2 N–H and O–H groups in total. The van der Waals surface area contributed by atoms with Gasteiger partial charge in [0.1, 0.15) is 5.82 Å². The fourth-order valence-corrected chi connectivity index (χ4v) is 1.49. The Balaban J connectivity index is 2.30. The van der Waals surface area contributed by atoms with Gasteiger partial charge in [-0.3, -0.25) is 4.79 Å². The van der Waals surface area contributed by atoms with Crippen LogP contribution in [0.15, 0.2) is 18.2 Å². The molecule has 0 saturated carbocycles. The van der Waals surface area contributed by atoms with E-state index in [9.17, 15) is 27.2 Å². The number of hydrogen-bond donors (Lipinski definition) is 2. The summed E-state index contributed by atoms with van der Waals surface area (Å²) in [5.74, 6) is -1.14. The van der Waals surface area contributed by atoms with E-state index in [1.807, 2.05) is 5.32 Å². The first-order valence-corrected chi connectivity index (χ1v) is 6.27. The summed E-state index contributed by atoms with van der Waals surface area (Å²) in [4.78, 5) is 22.4. The molecule has 0 bridgehead atoms. The highest BCUT2D eigenvalue weighted by molar-refractivity contribution is 6.33. The molecule has 1 aromatic rings. The molecule has 0 spiro atoms. The second-order valence-electron chi connectivity index (χ2n) is 4.04. The standard InChI is InChI=1S/C12H11ClF4N2O3/c13-8-5-7(14)1-2-9(8)19-10(20)3-4-18-11(21)22-6-12(15,16)17/h1-2,5H,3-4,6H2,(H,18,21)(H,19,20). The van der Waals surface area contributed by atoms with E-state index < -0.39 is 30.6 Å². The van der Waals surface area contributed by atoms with Crippen LogP contribution in [0.1, 0.15) is 6.42 Å². The molecule has 0 radical (unpaired) electrons. The molecule has 2 amide bonds. The van der Waals surface area contributed by atoms with Crippen LogP contribution < -0.4 is 10.6 Å². The maximum absolute atomic E-state index is 12.8. The largest absolute Gasteiger partial charge is 0.440 e. The third-order valence-electron chi connectivity index (χ3n) is 2.19. The third-order valence-corrected chi connectivity index (χ3v) is 2.51. The molecule has 0 unspecified atom stereocenters. The molecule has 1 aromatic carbocycles. The van der Waals surface area contributed by atoms with Crippen LogP contribution in [0.4, 0.5) is 28.0 Å². The van der Waals surface area contributed by atoms with Gasteiger partial charge in [0.25, 0.3) is 0 Å². The first-order valence-electron chi connectivity index (χ1n) is 5.89. The number of alkyl halides is 3. The van der Waals surface area contributed by atoms with Crippen molar-refractivity contribution in [1.29, 1.82) is 0 Å². The summed E-state index contributed by atoms with van der Waals surface area (Å²) < 4.78 is 52.0. The molecule has 1 rings (SSSR count). The van der Waals surface area contributed by atoms with Crippen LogP contribution in [0.5, 0.6) is 0 Å². The topological polar surface area (TPSA) is 67.4 Å². The predicted molar refractivity (Wildman–Crippen MR) is 70.1 cm³/mol. The first-order chi connectivity index (χ1) is 10.2. The van der Waals surface area contributed by atoms with Crippen molar-refractivity contribution in [3.05, 3.63) is 29.0 Å². The van der Waals surface area contributed by atoms with Gasteiger partial charge in [-0.25, -0.2) is 9.18 Å². The molecule has 0 aliphatic carbocycles. The minimum absolute atomic E-state index is 0.00843. The zero-order chi connectivity index (χ0) is 16.8. The van der Waals surface area contributed by atoms with Crippen molar-refractivity contribution in [1.82, 2.24) is 5.32 Å². The molecule has 22 heavy (non-hydrogen) atoms. The SMILES string of the molecule is O=C(CCNC(=O)OCC(F)(F)F)Nc1ccc(F)cc1Cl. The Morgan fingerprint density at radius 2 is 1.95 bits per heavy atom. The highest BCUT2D eigenvalue weighted by Crippen LogP contribution is 2.22. The summed E-state index contributed by atoms with van der Waals surface area (Å²) in [7, 11) is 0. The molecule has 0 heterocycles. The number of halogens is 5. The maximum Gasteiger partial charge on any atom is 0.422 e. The Morgan fingerprint density at radius 3 is 2.55 bits per heavy atom. The van der Waals surface area contributed by atoms with Crippen molar-refractivity contribution in [2.75, 3.05) is 18.5 Å². The van der Waals surface area contributed by atoms with Crippen molar-refractivity contribution in [2.24, 2.45) is 0 Å². The van der Waals surface area contributed by atoms with Crippen LogP contribution in [0, 0.1) is 5.82 Å². The monoisotopic (exact) mass is 342 g/mol. The number of alkyl carbamates (subject to hydrolysis) is 1. The second kappa shape index (κ2) is 7.83. The van der Waals surface area contributed by atoms with Crippen LogP contribution in [0.2, 0.25) is 5.02 Å². The lowest BCUT2D eigenvalue weighted by atomic mass is 10.3. The number of carbonyl (C=O) groups is 2. The van der Waals surface area contributed by atoms with Crippen LogP contribution >= 0.6 is 11.6 Å². The smallest absolute Gasteiger partial charge is 0.422 e. The quantitative estimate of drug-likeness (QED) is 0.808. The van der Waals surface area contributed by atoms with E-state index in [0.29, 0.717) is 0 Å². The summed E-state index contributed by atoms with van der Waals surface area (Å²) in [6.07, 6.45) is -6.13. The fourth-order valence-electron chi connectivity index (χ4n) is 1.28. The molecular weight excluding hydrogens is 332 g/mol. The molecule has 0 aromatic heterocycles. The van der Waals surface area contributed by atoms with Crippen molar-refractivity contribution in [3.8, 4) is 0 Å². The summed E-state index contributed by atoms with van der Waals surface area (Å²) in [5, 5.41) is 4.33. The Morgan fingerprint density at radius 1 is 1.27 bits per heavy atom. The summed E-state index contributed by atoms with van der Waals surface area (Å²) in [6, 6.07) is 3.35. The molecule has 0 atom stereocenters. The van der Waals surface area contributed by atoms with Gasteiger partial charge in [0, 0.05) is 13.0 Å². The van der Waals surface area contributed by atoms with E-state index >= 15 is 0 Å². The van der Waals surface area contributed by atoms with Gasteiger partial charge in [-0.05, 0) is 18.2 Å². The van der Waals surface area contributed by atoms with E-state index in [4.69, 9.17) is 11.6 Å². The fraction of sp³-hybridized carbons (Fsp3) is 0.333. The summed E-state index contributed by atoms with van der Waals surface area (Å²) >= 11 is 5.69. The van der Waals surface area contributed by atoms with Crippen LogP contribution in [0.25, 0.3) is 0 Å². The third kappa shape index (κ3) is 7.11. The Bertz CT molecular complexity index is 552. The zero-order valence-electron chi connectivity index (χ0n) is 11.0. The number of anilines is 1. The van der Waals surface area contributed by atoms with E-state index in [2.05, 4.69) is 10.1 Å². The second-order valence-corrected chi connectivity index (χ2v) is 4.45. The van der Waals surface area contributed by atoms with Crippen LogP contribution in [-0.4, -0.2) is 31.3 Å². The van der Waals surface area contributed by atoms with Crippen molar-refractivity contribution in [3.63, 3.8) is 0 Å². The number of hydrogen-bond acceptors (Lipinski definition) is 3. The van der Waals surface area contributed by atoms with Crippen LogP contribution in [0.3, 0.4) is 0 Å². The molecule has 0 aliphatic heterocycles. The van der Waals surface area contributed by atoms with E-state index in [1.165, 1.54) is 6.07 Å². The molecule has 5 nitrogen and oxygen atoms in total. The van der Waals surface area contributed by atoms with Crippen molar-refractivity contribution in [2.45, 2.75) is 12.6 Å². The van der Waals surface area contributed by atoms with E-state index in [0.717, 1.165) is 12.1 Å². The summed E-state index contributed by atoms with van der Waals surface area (Å²) in [6.45, 7) is -1.95. The molecule has 10 heteroatoms. The Kier molecular flexibility index (Phi) is 6.41. The normalized spacial score (nSPS) is 11.0. The molecule has 0 saturated heterocycles. The first kappa shape index (κ1) is 18.0. The maximum atomic E-state index is 12.8. The lowest BCUT2D eigenvalue weighted by Crippen LogP contribution is -2.31. The highest BCUT2D eigenvalue weighted by atomic mass is 35.5. The Hall–Kier alpha value is -2.03. The van der Waals surface area contributed by atoms with Gasteiger partial charge in [-0.15, -0.1) is 0 Å². The predicted octanol–water partition coefficient (Wildman–Crippen LogP) is 3.10. The average Bonchev–Trinajstić information content (AvgIpc) is 2.39. The van der Waals surface area contributed by atoms with Crippen molar-refractivity contribution < 1.29 is 31.9 Å². The number of rotatable bonds is 5. The zero-order valence-corrected chi connectivity index (χ0v) is 11.7. The number of nitrogens with one attached hydrogen (secondary N) is 2. The lowest BCUT2D eigenvalue weighted by Gasteiger charge is -2.10. The van der Waals surface area contributed by atoms with Crippen molar-refractivity contribution >= 4 is 29.3 Å². The Labute approximate surface area is 127 Å². The van der Waals surface area contributed by atoms with Gasteiger partial charge in [-0.2, -0.15) is 13.2 Å². The average molecular weight is 343 g/mol. The van der Waals surface area contributed by atoms with Gasteiger partial charge in [0.2, 0.25) is 5.91 Å². The lowest BCUT2D eigenvalue weighted by molar-refractivity contribution is -0.160. The minimum Gasteiger partial charge on any atom is -0.440 e. The van der Waals surface area contributed by atoms with Gasteiger partial charge >= 0.3 is 12.3 Å². The van der Waals surface area contributed by atoms with Gasteiger partial charge in [0.15, 0.2) is 6.61 Å². The van der Waals surface area contributed by atoms with Gasteiger partial charge in [-0.1, -0.05) is 11.6 Å². The molecular formula is C12H11ClF4N2O3. The number of carbonyl (C=O) groups excluding carboxylic acids is 2. The minimum atomic E-state index is -4.62. The molecule has 0 aliphatic rings. The van der Waals surface area contributed by atoms with E-state index in [1.54, 1.807) is 0 Å².